The largest absolute Gasteiger partial charge is 0.347 e. The van der Waals surface area contributed by atoms with Crippen LogP contribution in [0.3, 0.4) is 0 Å². The molecule has 28 heavy (non-hydrogen) atoms. The fraction of sp³-hybridized carbons (Fsp3) is 0.200. The van der Waals surface area contributed by atoms with Crippen LogP contribution >= 0.6 is 22.9 Å². The van der Waals surface area contributed by atoms with Gasteiger partial charge in [-0.15, -0.1) is 10.2 Å². The van der Waals surface area contributed by atoms with Gasteiger partial charge in [0, 0.05) is 16.8 Å². The highest BCUT2D eigenvalue weighted by Crippen LogP contribution is 2.17. The quantitative estimate of drug-likeness (QED) is 0.607. The summed E-state index contributed by atoms with van der Waals surface area (Å²) in [5.74, 6) is -0.768. The van der Waals surface area contributed by atoms with Gasteiger partial charge in [0.05, 0.1) is 0 Å². The lowest BCUT2D eigenvalue weighted by molar-refractivity contribution is 0.0936. The van der Waals surface area contributed by atoms with Crippen LogP contribution in [0, 0.1) is 0 Å². The molecular weight excluding hydrogens is 396 g/mol. The van der Waals surface area contributed by atoms with Crippen molar-refractivity contribution in [3.05, 3.63) is 75.2 Å². The van der Waals surface area contributed by atoms with Gasteiger partial charge < -0.3 is 10.6 Å². The van der Waals surface area contributed by atoms with Gasteiger partial charge in [0.15, 0.2) is 0 Å². The molecule has 0 radical (unpaired) electrons. The van der Waals surface area contributed by atoms with Gasteiger partial charge in [0.2, 0.25) is 10.0 Å². The van der Waals surface area contributed by atoms with Crippen molar-refractivity contribution in [1.29, 1.82) is 0 Å². The zero-order valence-corrected chi connectivity index (χ0v) is 16.8. The Hall–Kier alpha value is -2.77. The number of carbonyl (C=O) groups is 2. The van der Waals surface area contributed by atoms with Crippen molar-refractivity contribution >= 4 is 40.4 Å². The second-order valence-electron chi connectivity index (χ2n) is 6.28. The van der Waals surface area contributed by atoms with Crippen molar-refractivity contribution in [2.75, 3.05) is 5.32 Å². The van der Waals surface area contributed by atoms with Crippen LogP contribution in [0.15, 0.2) is 54.6 Å². The van der Waals surface area contributed by atoms with Crippen LogP contribution < -0.4 is 10.6 Å². The first-order valence-corrected chi connectivity index (χ1v) is 9.96. The average molecular weight is 415 g/mol. The molecule has 1 atom stereocenters. The summed E-state index contributed by atoms with van der Waals surface area (Å²) in [7, 11) is 0. The molecule has 2 amide bonds. The molecule has 1 aromatic heterocycles. The second-order valence-corrected chi connectivity index (χ2v) is 7.69. The fourth-order valence-corrected chi connectivity index (χ4v) is 3.38. The van der Waals surface area contributed by atoms with Crippen LogP contribution in [0.25, 0.3) is 0 Å². The number of aromatic nitrogens is 2. The van der Waals surface area contributed by atoms with Crippen LogP contribution in [0.5, 0.6) is 0 Å². The van der Waals surface area contributed by atoms with Gasteiger partial charge >= 0.3 is 0 Å². The Bertz CT molecular complexity index is 962. The van der Waals surface area contributed by atoms with Gasteiger partial charge in [0.1, 0.15) is 0 Å². The predicted molar refractivity (Wildman–Crippen MR) is 111 cm³/mol. The number of halogens is 1. The number of aryl methyl sites for hydroxylation is 1. The van der Waals surface area contributed by atoms with E-state index in [0.29, 0.717) is 10.7 Å². The van der Waals surface area contributed by atoms with E-state index in [-0.39, 0.29) is 22.0 Å². The zero-order chi connectivity index (χ0) is 19.9. The van der Waals surface area contributed by atoms with E-state index in [9.17, 15) is 9.59 Å². The number of nitrogens with one attached hydrogen (secondary N) is 2. The fourth-order valence-electron chi connectivity index (χ4n) is 2.54. The molecule has 0 aliphatic heterocycles. The smallest absolute Gasteiger partial charge is 0.286 e. The summed E-state index contributed by atoms with van der Waals surface area (Å²) in [6.07, 6.45) is 1.67. The molecule has 0 saturated carbocycles. The Kier molecular flexibility index (Phi) is 6.73. The van der Waals surface area contributed by atoms with E-state index in [1.807, 2.05) is 25.1 Å². The van der Waals surface area contributed by atoms with E-state index in [0.717, 1.165) is 24.2 Å². The summed E-state index contributed by atoms with van der Waals surface area (Å²) in [4.78, 5) is 24.6. The first kappa shape index (κ1) is 20.0. The first-order valence-electron chi connectivity index (χ1n) is 8.76. The van der Waals surface area contributed by atoms with Crippen molar-refractivity contribution in [2.45, 2.75) is 25.8 Å². The van der Waals surface area contributed by atoms with Crippen molar-refractivity contribution in [2.24, 2.45) is 0 Å². The van der Waals surface area contributed by atoms with Crippen molar-refractivity contribution in [1.82, 2.24) is 15.5 Å². The van der Waals surface area contributed by atoms with Gasteiger partial charge in [-0.25, -0.2) is 0 Å². The zero-order valence-electron chi connectivity index (χ0n) is 15.2. The molecule has 3 rings (SSSR count). The van der Waals surface area contributed by atoms with E-state index in [1.54, 1.807) is 24.3 Å². The minimum absolute atomic E-state index is 0.0275. The van der Waals surface area contributed by atoms with E-state index in [1.165, 1.54) is 5.56 Å². The third-order valence-electron chi connectivity index (χ3n) is 3.98. The lowest BCUT2D eigenvalue weighted by Crippen LogP contribution is -2.32. The van der Waals surface area contributed by atoms with Gasteiger partial charge in [0.25, 0.3) is 11.8 Å². The number of carbonyl (C=O) groups excluding carboxylic acids is 2. The highest BCUT2D eigenvalue weighted by molar-refractivity contribution is 7.15. The highest BCUT2D eigenvalue weighted by atomic mass is 35.5. The number of hydrogen-bond acceptors (Lipinski definition) is 5. The number of benzene rings is 2. The summed E-state index contributed by atoms with van der Waals surface area (Å²) < 4.78 is 0. The summed E-state index contributed by atoms with van der Waals surface area (Å²) in [6, 6.07) is 16.8. The summed E-state index contributed by atoms with van der Waals surface area (Å²) in [5, 5.41) is 14.0. The van der Waals surface area contributed by atoms with Crippen LogP contribution in [0.2, 0.25) is 5.02 Å². The Labute approximate surface area is 172 Å². The summed E-state index contributed by atoms with van der Waals surface area (Å²) >= 11 is 6.85. The molecule has 144 valence electrons. The molecule has 0 unspecified atom stereocenters. The van der Waals surface area contributed by atoms with Crippen molar-refractivity contribution < 1.29 is 9.59 Å². The van der Waals surface area contributed by atoms with Crippen LogP contribution in [0.1, 0.15) is 38.5 Å². The monoisotopic (exact) mass is 414 g/mol. The minimum atomic E-state index is -0.434. The second kappa shape index (κ2) is 9.43. The van der Waals surface area contributed by atoms with Crippen LogP contribution in [-0.2, 0) is 6.42 Å². The van der Waals surface area contributed by atoms with Gasteiger partial charge in [-0.1, -0.05) is 59.3 Å². The Morgan fingerprint density at radius 1 is 1.04 bits per heavy atom. The average Bonchev–Trinajstić information content (AvgIpc) is 3.18. The van der Waals surface area contributed by atoms with Gasteiger partial charge in [-0.2, -0.15) is 0 Å². The Morgan fingerprint density at radius 2 is 1.75 bits per heavy atom. The number of hydrogen-bond donors (Lipinski definition) is 2. The maximum atomic E-state index is 12.4. The molecule has 0 aliphatic carbocycles. The molecule has 6 nitrogen and oxygen atoms in total. The summed E-state index contributed by atoms with van der Waals surface area (Å²) in [6.45, 7) is 1.94. The number of nitrogens with zero attached hydrogens (tertiary/aromatic N) is 2. The number of amides is 2. The molecular formula is C20H19ClN4O2S. The van der Waals surface area contributed by atoms with Crippen LogP contribution in [0.4, 0.5) is 5.69 Å². The molecule has 0 saturated heterocycles. The normalized spacial score (nSPS) is 11.6. The number of rotatable bonds is 7. The Morgan fingerprint density at radius 3 is 2.46 bits per heavy atom. The first-order chi connectivity index (χ1) is 13.5. The maximum absolute atomic E-state index is 12.4. The van der Waals surface area contributed by atoms with Crippen molar-refractivity contribution in [3.63, 3.8) is 0 Å². The maximum Gasteiger partial charge on any atom is 0.286 e. The molecule has 3 aromatic rings. The lowest BCUT2D eigenvalue weighted by atomic mass is 10.1. The van der Waals surface area contributed by atoms with Crippen molar-refractivity contribution in [3.8, 4) is 0 Å². The van der Waals surface area contributed by atoms with Gasteiger partial charge in [-0.05, 0) is 43.5 Å². The minimum Gasteiger partial charge on any atom is -0.347 e. The third-order valence-corrected chi connectivity index (χ3v) is 5.14. The van der Waals surface area contributed by atoms with Crippen LogP contribution in [-0.4, -0.2) is 28.1 Å². The lowest BCUT2D eigenvalue weighted by Gasteiger charge is -2.12. The highest BCUT2D eigenvalue weighted by Gasteiger charge is 2.19. The molecule has 1 heterocycles. The SMILES string of the molecule is C[C@H](CCc1ccccc1)NC(=O)c1nnc(C(=O)Nc2cccc(Cl)c2)s1. The molecule has 2 aromatic carbocycles. The Balaban J connectivity index is 1.53. The molecule has 0 bridgehead atoms. The molecule has 0 aliphatic rings. The molecule has 0 spiro atoms. The number of anilines is 1. The predicted octanol–water partition coefficient (Wildman–Crippen LogP) is 4.19. The van der Waals surface area contributed by atoms with E-state index in [2.05, 4.69) is 33.0 Å². The molecule has 0 fully saturated rings. The standard InChI is InChI=1S/C20H19ClN4O2S/c1-13(10-11-14-6-3-2-4-7-14)22-17(26)19-24-25-20(28-19)18(27)23-16-9-5-8-15(21)12-16/h2-9,12-13H,10-11H2,1H3,(H,22,26)(H,23,27)/t13-/m1/s1. The van der Waals surface area contributed by atoms with Gasteiger partial charge in [-0.3, -0.25) is 9.59 Å². The van der Waals surface area contributed by atoms with E-state index >= 15 is 0 Å². The van der Waals surface area contributed by atoms with E-state index < -0.39 is 5.91 Å². The van der Waals surface area contributed by atoms with E-state index in [4.69, 9.17) is 11.6 Å². The summed E-state index contributed by atoms with van der Waals surface area (Å²) in [5.41, 5.74) is 1.77. The third kappa shape index (κ3) is 5.61. The molecule has 2 N–H and O–H groups in total. The molecule has 8 heteroatoms. The topological polar surface area (TPSA) is 84.0 Å².